The lowest BCUT2D eigenvalue weighted by atomic mass is 9.80. The van der Waals surface area contributed by atoms with Crippen LogP contribution in [-0.2, 0) is 24.2 Å². The largest absolute Gasteiger partial charge is 0.508 e. The number of aromatic hydroxyl groups is 1. The highest BCUT2D eigenvalue weighted by Gasteiger charge is 2.40. The summed E-state index contributed by atoms with van der Waals surface area (Å²) < 4.78 is 2.38. The number of phenolic OH excluding ortho intramolecular Hbond substituents is 1. The normalized spacial score (nSPS) is 16.3. The number of hydrazine groups is 2. The molecule has 5 atom stereocenters. The molecule has 11 N–H and O–H groups in total. The first-order valence-electron chi connectivity index (χ1n) is 28.0. The van der Waals surface area contributed by atoms with E-state index in [1.165, 1.54) is 60.9 Å². The van der Waals surface area contributed by atoms with Crippen LogP contribution in [0, 0.1) is 30.1 Å². The van der Waals surface area contributed by atoms with Crippen molar-refractivity contribution < 1.29 is 14.5 Å². The maximum atomic E-state index is 11.5. The van der Waals surface area contributed by atoms with Crippen LogP contribution in [0.5, 0.6) is 5.75 Å². The van der Waals surface area contributed by atoms with Crippen molar-refractivity contribution >= 4 is 16.8 Å². The Morgan fingerprint density at radius 3 is 2.22 bits per heavy atom. The first-order valence-corrected chi connectivity index (χ1v) is 28.0. The molecule has 4 heterocycles. The molecule has 6 rings (SSSR count). The van der Waals surface area contributed by atoms with E-state index in [0.29, 0.717) is 18.1 Å². The van der Waals surface area contributed by atoms with E-state index in [9.17, 15) is 9.90 Å². The van der Waals surface area contributed by atoms with Crippen LogP contribution in [0.4, 0.5) is 0 Å². The number of allylic oxidation sites excluding steroid dienone is 3. The Morgan fingerprint density at radius 1 is 1.05 bits per heavy atom. The molecule has 5 unspecified atom stereocenters. The number of terminal acetylenes is 1. The number of carbonyl (C=O) groups is 1. The second kappa shape index (κ2) is 35.3. The molecule has 2 aliphatic rings. The van der Waals surface area contributed by atoms with Gasteiger partial charge in [0.25, 0.3) is 5.91 Å². The zero-order valence-corrected chi connectivity index (χ0v) is 49.7. The minimum Gasteiger partial charge on any atom is -0.508 e. The summed E-state index contributed by atoms with van der Waals surface area (Å²) in [6, 6.07) is 17.1. The number of aryl methyl sites for hydroxylation is 1. The Hall–Kier alpha value is -5.14. The molecule has 0 bridgehead atoms. The molecule has 4 aromatic rings. The van der Waals surface area contributed by atoms with Crippen molar-refractivity contribution in [3.63, 3.8) is 0 Å². The number of hydrogen-bond acceptors (Lipinski definition) is 10. The van der Waals surface area contributed by atoms with Gasteiger partial charge in [-0.25, -0.2) is 9.60 Å². The number of hydrogen-bond donors (Lipinski definition) is 7. The number of quaternary nitrogens is 1. The molecule has 2 aliphatic heterocycles. The van der Waals surface area contributed by atoms with Crippen molar-refractivity contribution in [3.05, 3.63) is 109 Å². The highest BCUT2D eigenvalue weighted by Crippen LogP contribution is 2.43. The monoisotopic (exact) mass is 1050 g/mol. The maximum absolute atomic E-state index is 11.5. The fourth-order valence-electron chi connectivity index (χ4n) is 9.86. The van der Waals surface area contributed by atoms with Crippen LogP contribution in [0.15, 0.2) is 92.3 Å². The number of pyridine rings is 1. The van der Waals surface area contributed by atoms with Gasteiger partial charge in [-0.3, -0.25) is 26.1 Å². The predicted molar refractivity (Wildman–Crippen MR) is 326 cm³/mol. The third-order valence-electron chi connectivity index (χ3n) is 14.1. The van der Waals surface area contributed by atoms with Crippen LogP contribution >= 0.6 is 0 Å². The first kappa shape index (κ1) is 68.9. The molecule has 13 heteroatoms. The number of nitrogens with one attached hydrogen (secondary N) is 2. The van der Waals surface area contributed by atoms with Gasteiger partial charge in [-0.05, 0) is 161 Å². The quantitative estimate of drug-likeness (QED) is 0.0139. The first-order chi connectivity index (χ1) is 36.0. The summed E-state index contributed by atoms with van der Waals surface area (Å²) in [7, 11) is 5.66. The molecule has 1 amide bonds. The van der Waals surface area contributed by atoms with Crippen molar-refractivity contribution in [2.24, 2.45) is 40.4 Å². The minimum absolute atomic E-state index is 0.0543. The summed E-state index contributed by atoms with van der Waals surface area (Å²) in [5.74, 6) is 12.0. The molecule has 0 radical (unpaired) electrons. The van der Waals surface area contributed by atoms with Gasteiger partial charge >= 0.3 is 0 Å². The molecule has 2 fully saturated rings. The predicted octanol–water partition coefficient (Wildman–Crippen LogP) is 11.6. The van der Waals surface area contributed by atoms with Gasteiger partial charge in [-0.2, -0.15) is 5.84 Å². The summed E-state index contributed by atoms with van der Waals surface area (Å²) in [4.78, 5) is 16.3. The molecule has 2 aromatic heterocycles. The summed E-state index contributed by atoms with van der Waals surface area (Å²) in [5, 5.41) is 18.9. The van der Waals surface area contributed by atoms with E-state index in [1.54, 1.807) is 19.1 Å². The fraction of sp³-hybridized carbons (Fsp3) is 0.556. The van der Waals surface area contributed by atoms with Crippen LogP contribution in [0.3, 0.4) is 0 Å². The topological polar surface area (TPSA) is 190 Å². The van der Waals surface area contributed by atoms with Crippen molar-refractivity contribution in [2.45, 2.75) is 165 Å². The number of primary amides is 1. The van der Waals surface area contributed by atoms with Crippen molar-refractivity contribution in [1.82, 2.24) is 30.3 Å². The smallest absolute Gasteiger partial charge is 0.278 e. The van der Waals surface area contributed by atoms with Crippen molar-refractivity contribution in [1.29, 1.82) is 0 Å². The minimum atomic E-state index is -0.465. The standard InChI is InChI=1S/C37H47N3O.C12H27N5O.C5H12N2.C5H11N.C2H6.C2H2/c1-8-12-17-37(6,7)24-32-31-23-27(28-20-26(19-25(5)9-2)21-29(41)22-28)15-16-34(31)40(11-4)36(32)30-14-13-18-39-35(30)33(38)10-3;1-9(2)11(12(13)18)17(5,15)10(3)7-6-8-16(4)14;1-7-5-3-2-4-6-7;1-5-3-2-4-6-5;2*1-2/h8-9,13-16,18,20-23,25,33,41H,1-2,10-12,17,19,24,38H2,3-7H3;9,11H,3,6-8,14-15H2,1-2,4-5H3,(H-,13,18);6H,2-5H2,1H3;5-6H,2-4H2,1H3;1-2H3;1-2H/p+1. The van der Waals surface area contributed by atoms with Gasteiger partial charge in [0.15, 0.2) is 6.04 Å². The van der Waals surface area contributed by atoms with E-state index < -0.39 is 11.9 Å². The van der Waals surface area contributed by atoms with Crippen LogP contribution < -0.4 is 33.9 Å². The zero-order chi connectivity index (χ0) is 57.8. The Kier molecular flexibility index (Phi) is 32.0. The SMILES string of the molecule is C#C.C=C(CCCN(C)N)[N+](C)(N)C(C(N)=O)C(C)C.C=CCCC(C)(C)Cc1c(-c2cccnc2C(N)CC)n(CC)c2ccc(-c3cc(O)cc(CC(C)C=C)c3)cc12.CC.CC1CCCN1.CN1CCCCN1. The second-order valence-corrected chi connectivity index (χ2v) is 21.7. The third-order valence-corrected chi connectivity index (χ3v) is 14.1. The molecule has 0 aliphatic carbocycles. The highest BCUT2D eigenvalue weighted by atomic mass is 16.3. The Bertz CT molecular complexity index is 2350. The Balaban J connectivity index is 0.000000670. The molecule has 424 valence electrons. The Labute approximate surface area is 462 Å². The lowest BCUT2D eigenvalue weighted by Crippen LogP contribution is -2.63. The lowest BCUT2D eigenvalue weighted by molar-refractivity contribution is -0.904. The van der Waals surface area contributed by atoms with E-state index >= 15 is 0 Å². The van der Waals surface area contributed by atoms with Crippen LogP contribution in [0.2, 0.25) is 0 Å². The van der Waals surface area contributed by atoms with E-state index in [-0.39, 0.29) is 22.0 Å². The van der Waals surface area contributed by atoms with Crippen molar-refractivity contribution in [2.75, 3.05) is 47.3 Å². The number of amides is 1. The number of phenols is 1. The fourth-order valence-corrected chi connectivity index (χ4v) is 9.86. The zero-order valence-electron chi connectivity index (χ0n) is 49.7. The van der Waals surface area contributed by atoms with Gasteiger partial charge in [0.1, 0.15) is 11.4 Å². The van der Waals surface area contributed by atoms with Gasteiger partial charge in [-0.1, -0.05) is 79.7 Å². The molecular formula is C63H106N11O2+. The number of rotatable bonds is 21. The number of nitrogens with zero attached hydrogens (tertiary/aromatic N) is 5. The third kappa shape index (κ3) is 22.1. The Morgan fingerprint density at radius 2 is 1.74 bits per heavy atom. The van der Waals surface area contributed by atoms with E-state index in [2.05, 4.69) is 132 Å². The van der Waals surface area contributed by atoms with E-state index in [4.69, 9.17) is 28.1 Å². The summed E-state index contributed by atoms with van der Waals surface area (Å²) in [6.07, 6.45) is 25.4. The summed E-state index contributed by atoms with van der Waals surface area (Å²) in [5.41, 5.74) is 25.2. The molecule has 0 saturated carbocycles. The maximum Gasteiger partial charge on any atom is 0.278 e. The van der Waals surface area contributed by atoms with Gasteiger partial charge in [0.05, 0.1) is 18.4 Å². The summed E-state index contributed by atoms with van der Waals surface area (Å²) in [6.45, 7) is 38.4. The van der Waals surface area contributed by atoms with Crippen LogP contribution in [0.1, 0.15) is 150 Å². The average Bonchev–Trinajstić information content (AvgIpc) is 3.99. The molecule has 2 saturated heterocycles. The van der Waals surface area contributed by atoms with Gasteiger partial charge in [0, 0.05) is 87.4 Å². The molecular weight excluding hydrogens is 943 g/mol. The lowest BCUT2D eigenvalue weighted by Gasteiger charge is -2.37. The molecule has 0 spiro atoms. The molecule has 76 heavy (non-hydrogen) atoms. The van der Waals surface area contributed by atoms with Crippen LogP contribution in [-0.4, -0.2) is 94.6 Å². The molecule has 13 nitrogen and oxygen atoms in total. The summed E-state index contributed by atoms with van der Waals surface area (Å²) >= 11 is 0. The number of aromatic nitrogens is 2. The average molecular weight is 1050 g/mol. The number of benzene rings is 2. The van der Waals surface area contributed by atoms with E-state index in [1.807, 2.05) is 64.2 Å². The van der Waals surface area contributed by atoms with Crippen LogP contribution in [0.25, 0.3) is 33.3 Å². The second-order valence-electron chi connectivity index (χ2n) is 21.7. The van der Waals surface area contributed by atoms with Crippen molar-refractivity contribution in [3.8, 4) is 41.0 Å². The van der Waals surface area contributed by atoms with Gasteiger partial charge in [0.2, 0.25) is 0 Å². The molecule has 2 aromatic carbocycles. The van der Waals surface area contributed by atoms with E-state index in [0.717, 1.165) is 97.8 Å². The van der Waals surface area contributed by atoms with Gasteiger partial charge in [-0.15, -0.1) is 26.0 Å². The number of carbonyl (C=O) groups excluding carboxylic acids is 1. The number of fused-ring (bicyclic) bond motifs is 1. The highest BCUT2D eigenvalue weighted by molar-refractivity contribution is 5.95. The van der Waals surface area contributed by atoms with Gasteiger partial charge < -0.3 is 26.5 Å². The number of likely N-dealkylation sites (N-methyl/N-ethyl adjacent to an activating group) is 1. The number of nitrogens with two attached hydrogens (primary N) is 4.